The molecule has 3 aliphatic rings. The maximum Gasteiger partial charge on any atom is 0.0926 e. The molecule has 1 aromatic rings. The van der Waals surface area contributed by atoms with Gasteiger partial charge in [0.15, 0.2) is 0 Å². The van der Waals surface area contributed by atoms with Crippen LogP contribution in [0.1, 0.15) is 49.7 Å². The van der Waals surface area contributed by atoms with E-state index in [4.69, 9.17) is 9.72 Å². The highest BCUT2D eigenvalue weighted by Crippen LogP contribution is 2.30. The van der Waals surface area contributed by atoms with E-state index in [1.165, 1.54) is 62.4 Å². The quantitative estimate of drug-likeness (QED) is 0.747. The maximum atomic E-state index is 5.71. The molecule has 2 saturated heterocycles. The van der Waals surface area contributed by atoms with E-state index in [9.17, 15) is 0 Å². The predicted molar refractivity (Wildman–Crippen MR) is 111 cm³/mol. The van der Waals surface area contributed by atoms with E-state index >= 15 is 0 Å². The largest absolute Gasteiger partial charge is 0.379 e. The second kappa shape index (κ2) is 9.79. The fraction of sp³-hybridized carbons (Fsp3) is 0.857. The van der Waals surface area contributed by atoms with Crippen LogP contribution in [0.15, 0.2) is 5.38 Å². The van der Waals surface area contributed by atoms with Gasteiger partial charge in [-0.1, -0.05) is 13.3 Å². The minimum atomic E-state index is 0.562. The summed E-state index contributed by atoms with van der Waals surface area (Å²) in [6.45, 7) is 9.65. The van der Waals surface area contributed by atoms with E-state index in [-0.39, 0.29) is 0 Å². The zero-order chi connectivity index (χ0) is 18.5. The van der Waals surface area contributed by atoms with Crippen LogP contribution in [0.5, 0.6) is 0 Å². The summed E-state index contributed by atoms with van der Waals surface area (Å²) in [5, 5.41) is 11.2. The Morgan fingerprint density at radius 2 is 2.19 bits per heavy atom. The standard InChI is InChI=1S/C21H36N4OS/c1-2-21-24-17(15-27-21)13-25-9-6-16(7-10-25)12-23-19-5-3-4-18(19)20-14-26-11-8-22-20/h15-16,18-20,22-23H,2-14H2,1H3. The van der Waals surface area contributed by atoms with Gasteiger partial charge in [-0.15, -0.1) is 11.3 Å². The lowest BCUT2D eigenvalue weighted by molar-refractivity contribution is 0.0519. The third-order valence-corrected chi connectivity index (χ3v) is 7.74. The van der Waals surface area contributed by atoms with Crippen molar-refractivity contribution in [3.8, 4) is 0 Å². The van der Waals surface area contributed by atoms with Gasteiger partial charge in [0.1, 0.15) is 0 Å². The first-order chi connectivity index (χ1) is 13.3. The summed E-state index contributed by atoms with van der Waals surface area (Å²) in [4.78, 5) is 7.32. The molecule has 3 atom stereocenters. The Kier molecular flexibility index (Phi) is 7.17. The van der Waals surface area contributed by atoms with Crippen LogP contribution in [0, 0.1) is 11.8 Å². The number of hydrogen-bond acceptors (Lipinski definition) is 6. The van der Waals surface area contributed by atoms with Crippen molar-refractivity contribution in [1.82, 2.24) is 20.5 Å². The van der Waals surface area contributed by atoms with E-state index in [1.807, 2.05) is 11.3 Å². The number of aryl methyl sites for hydroxylation is 1. The molecule has 27 heavy (non-hydrogen) atoms. The van der Waals surface area contributed by atoms with Gasteiger partial charge in [0.25, 0.3) is 0 Å². The zero-order valence-corrected chi connectivity index (χ0v) is 17.6. The summed E-state index contributed by atoms with van der Waals surface area (Å²) in [5.41, 5.74) is 1.27. The number of nitrogens with one attached hydrogen (secondary N) is 2. The number of aromatic nitrogens is 1. The van der Waals surface area contributed by atoms with Crippen molar-refractivity contribution >= 4 is 11.3 Å². The molecule has 3 fully saturated rings. The minimum absolute atomic E-state index is 0.562. The first kappa shape index (κ1) is 19.8. The van der Waals surface area contributed by atoms with Gasteiger partial charge in [0.2, 0.25) is 0 Å². The Morgan fingerprint density at radius 3 is 2.93 bits per heavy atom. The van der Waals surface area contributed by atoms with E-state index in [0.717, 1.165) is 44.6 Å². The Labute approximate surface area is 168 Å². The molecule has 0 amide bonds. The second-order valence-corrected chi connectivity index (χ2v) is 9.49. The van der Waals surface area contributed by atoms with Crippen molar-refractivity contribution in [3.05, 3.63) is 16.1 Å². The topological polar surface area (TPSA) is 49.4 Å². The van der Waals surface area contributed by atoms with Crippen LogP contribution >= 0.6 is 11.3 Å². The van der Waals surface area contributed by atoms with Gasteiger partial charge in [-0.3, -0.25) is 4.90 Å². The maximum absolute atomic E-state index is 5.71. The van der Waals surface area contributed by atoms with Gasteiger partial charge in [-0.05, 0) is 63.6 Å². The second-order valence-electron chi connectivity index (χ2n) is 8.55. The number of hydrogen-bond donors (Lipinski definition) is 2. The van der Waals surface area contributed by atoms with Crippen molar-refractivity contribution in [3.63, 3.8) is 0 Å². The molecule has 1 saturated carbocycles. The molecule has 0 bridgehead atoms. The number of thiazole rings is 1. The van der Waals surface area contributed by atoms with E-state index in [1.54, 1.807) is 0 Å². The SMILES string of the molecule is CCc1nc(CN2CCC(CNC3CCCC3C3COCCN3)CC2)cs1. The Balaban J connectivity index is 1.18. The molecule has 0 aromatic carbocycles. The number of likely N-dealkylation sites (tertiary alicyclic amines) is 1. The van der Waals surface area contributed by atoms with Crippen molar-refractivity contribution in [2.24, 2.45) is 11.8 Å². The summed E-state index contributed by atoms with van der Waals surface area (Å²) in [5.74, 6) is 1.59. The van der Waals surface area contributed by atoms with Crippen LogP contribution < -0.4 is 10.6 Å². The van der Waals surface area contributed by atoms with Gasteiger partial charge in [-0.2, -0.15) is 0 Å². The molecule has 0 radical (unpaired) electrons. The third kappa shape index (κ3) is 5.30. The average molecular weight is 393 g/mol. The number of nitrogens with zero attached hydrogens (tertiary/aromatic N) is 2. The van der Waals surface area contributed by atoms with Crippen molar-refractivity contribution in [2.45, 2.75) is 64.1 Å². The van der Waals surface area contributed by atoms with Gasteiger partial charge in [0.05, 0.1) is 23.9 Å². The smallest absolute Gasteiger partial charge is 0.0926 e. The number of rotatable bonds is 7. The number of ether oxygens (including phenoxy) is 1. The molecular weight excluding hydrogens is 356 g/mol. The Bertz CT molecular complexity index is 566. The Morgan fingerprint density at radius 1 is 1.30 bits per heavy atom. The first-order valence-electron chi connectivity index (χ1n) is 11.0. The molecule has 4 rings (SSSR count). The molecule has 1 aliphatic carbocycles. The summed E-state index contributed by atoms with van der Waals surface area (Å²) >= 11 is 1.81. The van der Waals surface area contributed by atoms with Crippen LogP contribution in [0.3, 0.4) is 0 Å². The van der Waals surface area contributed by atoms with Crippen LogP contribution in [-0.2, 0) is 17.7 Å². The lowest BCUT2D eigenvalue weighted by atomic mass is 9.92. The molecule has 3 heterocycles. The van der Waals surface area contributed by atoms with E-state index in [0.29, 0.717) is 12.1 Å². The summed E-state index contributed by atoms with van der Waals surface area (Å²) < 4.78 is 5.71. The summed E-state index contributed by atoms with van der Waals surface area (Å²) in [6.07, 6.45) is 7.76. The molecule has 6 heteroatoms. The van der Waals surface area contributed by atoms with E-state index < -0.39 is 0 Å². The molecule has 1 aromatic heterocycles. The molecule has 5 nitrogen and oxygen atoms in total. The third-order valence-electron chi connectivity index (χ3n) is 6.70. The van der Waals surface area contributed by atoms with Crippen LogP contribution in [-0.4, -0.2) is 61.4 Å². The molecular formula is C21H36N4OS. The molecule has 3 unspecified atom stereocenters. The lowest BCUT2D eigenvalue weighted by Crippen LogP contribution is -2.51. The van der Waals surface area contributed by atoms with Gasteiger partial charge >= 0.3 is 0 Å². The molecule has 2 N–H and O–H groups in total. The molecule has 152 valence electrons. The normalized spacial score (nSPS) is 30.8. The fourth-order valence-corrected chi connectivity index (χ4v) is 5.80. The number of morpholine rings is 1. The lowest BCUT2D eigenvalue weighted by Gasteiger charge is -2.35. The fourth-order valence-electron chi connectivity index (χ4n) is 5.06. The van der Waals surface area contributed by atoms with Gasteiger partial charge in [-0.25, -0.2) is 4.98 Å². The Hall–Kier alpha value is -0.530. The molecule has 0 spiro atoms. The highest BCUT2D eigenvalue weighted by atomic mass is 32.1. The minimum Gasteiger partial charge on any atom is -0.379 e. The highest BCUT2D eigenvalue weighted by Gasteiger charge is 2.34. The zero-order valence-electron chi connectivity index (χ0n) is 16.8. The summed E-state index contributed by atoms with van der Waals surface area (Å²) in [6, 6.07) is 1.25. The van der Waals surface area contributed by atoms with Gasteiger partial charge in [0, 0.05) is 30.6 Å². The van der Waals surface area contributed by atoms with Crippen molar-refractivity contribution < 1.29 is 4.74 Å². The van der Waals surface area contributed by atoms with Crippen LogP contribution in [0.2, 0.25) is 0 Å². The predicted octanol–water partition coefficient (Wildman–Crippen LogP) is 2.66. The summed E-state index contributed by atoms with van der Waals surface area (Å²) in [7, 11) is 0. The first-order valence-corrected chi connectivity index (χ1v) is 11.9. The number of piperidine rings is 1. The van der Waals surface area contributed by atoms with Crippen molar-refractivity contribution in [1.29, 1.82) is 0 Å². The van der Waals surface area contributed by atoms with Crippen LogP contribution in [0.25, 0.3) is 0 Å². The monoisotopic (exact) mass is 392 g/mol. The van der Waals surface area contributed by atoms with Gasteiger partial charge < -0.3 is 15.4 Å². The van der Waals surface area contributed by atoms with Crippen molar-refractivity contribution in [2.75, 3.05) is 39.4 Å². The molecule has 2 aliphatic heterocycles. The van der Waals surface area contributed by atoms with Crippen LogP contribution in [0.4, 0.5) is 0 Å². The highest BCUT2D eigenvalue weighted by molar-refractivity contribution is 7.09. The van der Waals surface area contributed by atoms with E-state index in [2.05, 4.69) is 27.8 Å². The average Bonchev–Trinajstić information content (AvgIpc) is 3.37.